The maximum Gasteiger partial charge on any atom is 0.127 e. The number of aryl methyl sites for hydroxylation is 2. The van der Waals surface area contributed by atoms with Gasteiger partial charge in [0.2, 0.25) is 0 Å². The topological polar surface area (TPSA) is 64.4 Å². The summed E-state index contributed by atoms with van der Waals surface area (Å²) in [6.45, 7) is 4.08. The smallest absolute Gasteiger partial charge is 0.127 e. The molecule has 0 aromatic heterocycles. The fourth-order valence-electron chi connectivity index (χ4n) is 1.79. The van der Waals surface area contributed by atoms with Crippen molar-refractivity contribution in [3.63, 3.8) is 0 Å². The van der Waals surface area contributed by atoms with Gasteiger partial charge in [-0.2, -0.15) is 0 Å². The highest BCUT2D eigenvalue weighted by molar-refractivity contribution is 5.97. The van der Waals surface area contributed by atoms with Crippen LogP contribution in [-0.4, -0.2) is 5.84 Å². The van der Waals surface area contributed by atoms with Crippen LogP contribution in [0.3, 0.4) is 0 Å². The number of nitrogens with two attached hydrogens (primary N) is 2. The van der Waals surface area contributed by atoms with Crippen LogP contribution >= 0.6 is 0 Å². The Hall–Kier alpha value is -2.13. The summed E-state index contributed by atoms with van der Waals surface area (Å²) >= 11 is 0. The lowest BCUT2D eigenvalue weighted by Gasteiger charge is -2.09. The minimum absolute atomic E-state index is 0.429. The summed E-state index contributed by atoms with van der Waals surface area (Å²) in [6.07, 6.45) is -0.429. The first-order valence-corrected chi connectivity index (χ1v) is 6.29. The quantitative estimate of drug-likeness (QED) is 0.652. The Balaban J connectivity index is 2.20. The average molecular weight is 253 g/mol. The number of benzene rings is 2. The molecule has 2 aromatic rings. The average Bonchev–Trinajstić information content (AvgIpc) is 2.40. The molecule has 0 saturated heterocycles. The van der Waals surface area contributed by atoms with Crippen molar-refractivity contribution in [3.8, 4) is 0 Å². The highest BCUT2D eigenvalue weighted by atomic mass is 15.0. The van der Waals surface area contributed by atoms with E-state index >= 15 is 0 Å². The summed E-state index contributed by atoms with van der Waals surface area (Å²) in [6, 6.07) is 15.9. The molecule has 1 atom stereocenters. The molecule has 98 valence electrons. The van der Waals surface area contributed by atoms with Gasteiger partial charge in [0.1, 0.15) is 12.0 Å². The molecule has 19 heavy (non-hydrogen) atoms. The van der Waals surface area contributed by atoms with Crippen molar-refractivity contribution in [3.05, 3.63) is 70.8 Å². The highest BCUT2D eigenvalue weighted by Crippen LogP contribution is 2.13. The van der Waals surface area contributed by atoms with Crippen molar-refractivity contribution in [1.29, 1.82) is 0 Å². The lowest BCUT2D eigenvalue weighted by molar-refractivity contribution is 0.774. The van der Waals surface area contributed by atoms with Crippen molar-refractivity contribution < 1.29 is 0 Å². The molecule has 0 bridgehead atoms. The largest absolute Gasteiger partial charge is 0.383 e. The van der Waals surface area contributed by atoms with Gasteiger partial charge in [0.15, 0.2) is 0 Å². The van der Waals surface area contributed by atoms with Gasteiger partial charge in [0, 0.05) is 5.56 Å². The van der Waals surface area contributed by atoms with E-state index in [-0.39, 0.29) is 0 Å². The van der Waals surface area contributed by atoms with Crippen LogP contribution in [0.5, 0.6) is 0 Å². The molecule has 0 spiro atoms. The van der Waals surface area contributed by atoms with Crippen LogP contribution in [0.15, 0.2) is 53.5 Å². The van der Waals surface area contributed by atoms with Gasteiger partial charge in [0.05, 0.1) is 0 Å². The minimum atomic E-state index is -0.429. The fraction of sp³-hybridized carbons (Fsp3) is 0.188. The lowest BCUT2D eigenvalue weighted by Crippen LogP contribution is -2.18. The van der Waals surface area contributed by atoms with E-state index in [2.05, 4.69) is 4.99 Å². The lowest BCUT2D eigenvalue weighted by atomic mass is 10.1. The molecule has 0 amide bonds. The molecule has 0 fully saturated rings. The molecule has 0 aliphatic rings. The Kier molecular flexibility index (Phi) is 3.97. The fourth-order valence-corrected chi connectivity index (χ4v) is 1.79. The van der Waals surface area contributed by atoms with Crippen LogP contribution < -0.4 is 11.5 Å². The first-order chi connectivity index (χ1) is 9.06. The number of hydrogen-bond acceptors (Lipinski definition) is 2. The van der Waals surface area contributed by atoms with Gasteiger partial charge < -0.3 is 11.5 Å². The number of nitrogens with zero attached hydrogens (tertiary/aromatic N) is 1. The first kappa shape index (κ1) is 13.3. The van der Waals surface area contributed by atoms with Crippen molar-refractivity contribution in [2.24, 2.45) is 16.5 Å². The van der Waals surface area contributed by atoms with Crippen LogP contribution in [0.1, 0.15) is 28.4 Å². The monoisotopic (exact) mass is 253 g/mol. The molecule has 0 radical (unpaired) electrons. The second-order valence-corrected chi connectivity index (χ2v) is 4.74. The zero-order chi connectivity index (χ0) is 13.8. The predicted molar refractivity (Wildman–Crippen MR) is 80.0 cm³/mol. The summed E-state index contributed by atoms with van der Waals surface area (Å²) in [7, 11) is 0. The van der Waals surface area contributed by atoms with E-state index in [0.717, 1.165) is 11.1 Å². The molecule has 0 heterocycles. The Morgan fingerprint density at radius 3 is 1.89 bits per heavy atom. The third kappa shape index (κ3) is 3.42. The van der Waals surface area contributed by atoms with E-state index in [1.54, 1.807) is 0 Å². The molecule has 3 nitrogen and oxygen atoms in total. The molecule has 0 aliphatic carbocycles. The van der Waals surface area contributed by atoms with Crippen LogP contribution in [0.25, 0.3) is 0 Å². The third-order valence-electron chi connectivity index (χ3n) is 3.04. The zero-order valence-corrected chi connectivity index (χ0v) is 11.3. The molecular weight excluding hydrogens is 234 g/mol. The van der Waals surface area contributed by atoms with Crippen molar-refractivity contribution in [1.82, 2.24) is 0 Å². The number of hydrogen-bond donors (Lipinski definition) is 2. The Labute approximate surface area is 114 Å². The molecule has 0 saturated carbocycles. The van der Waals surface area contributed by atoms with Gasteiger partial charge >= 0.3 is 0 Å². The standard InChI is InChI=1S/C16H19N3/c1-11-3-7-13(8-4-11)15(17)19-16(18)14-9-5-12(2)6-10-14/h3-10,15H,17H2,1-2H3,(H2,18,19). The van der Waals surface area contributed by atoms with Gasteiger partial charge in [-0.3, -0.25) is 0 Å². The van der Waals surface area contributed by atoms with E-state index in [1.165, 1.54) is 11.1 Å². The number of amidine groups is 1. The summed E-state index contributed by atoms with van der Waals surface area (Å²) < 4.78 is 0. The van der Waals surface area contributed by atoms with Gasteiger partial charge in [-0.15, -0.1) is 0 Å². The van der Waals surface area contributed by atoms with E-state index in [0.29, 0.717) is 5.84 Å². The van der Waals surface area contributed by atoms with E-state index < -0.39 is 6.17 Å². The summed E-state index contributed by atoms with van der Waals surface area (Å²) in [4.78, 5) is 4.35. The Bertz CT molecular complexity index is 568. The van der Waals surface area contributed by atoms with Gasteiger partial charge in [-0.25, -0.2) is 4.99 Å². The van der Waals surface area contributed by atoms with Crippen molar-refractivity contribution in [2.45, 2.75) is 20.0 Å². The summed E-state index contributed by atoms with van der Waals surface area (Å²) in [5, 5.41) is 0. The molecule has 0 aliphatic heterocycles. The SMILES string of the molecule is Cc1ccc(/C(N)=N/C(N)c2ccc(C)cc2)cc1. The number of rotatable bonds is 3. The molecular formula is C16H19N3. The first-order valence-electron chi connectivity index (χ1n) is 6.29. The normalized spacial score (nSPS) is 13.3. The van der Waals surface area contributed by atoms with Gasteiger partial charge in [-0.05, 0) is 19.4 Å². The molecule has 3 heteroatoms. The van der Waals surface area contributed by atoms with E-state index in [1.807, 2.05) is 62.4 Å². The van der Waals surface area contributed by atoms with Crippen LogP contribution in [0.2, 0.25) is 0 Å². The Morgan fingerprint density at radius 1 is 0.895 bits per heavy atom. The molecule has 1 unspecified atom stereocenters. The van der Waals surface area contributed by atoms with Gasteiger partial charge in [0.25, 0.3) is 0 Å². The second-order valence-electron chi connectivity index (χ2n) is 4.74. The van der Waals surface area contributed by atoms with Crippen LogP contribution in [0.4, 0.5) is 0 Å². The summed E-state index contributed by atoms with van der Waals surface area (Å²) in [5.74, 6) is 0.466. The van der Waals surface area contributed by atoms with Crippen molar-refractivity contribution in [2.75, 3.05) is 0 Å². The predicted octanol–water partition coefficient (Wildman–Crippen LogP) is 2.67. The van der Waals surface area contributed by atoms with Crippen LogP contribution in [0, 0.1) is 13.8 Å². The second kappa shape index (κ2) is 5.67. The molecule has 4 N–H and O–H groups in total. The Morgan fingerprint density at radius 2 is 1.37 bits per heavy atom. The molecule has 2 aromatic carbocycles. The zero-order valence-electron chi connectivity index (χ0n) is 11.3. The summed E-state index contributed by atoms with van der Waals surface area (Å²) in [5.41, 5.74) is 16.3. The van der Waals surface area contributed by atoms with Crippen LogP contribution in [-0.2, 0) is 0 Å². The minimum Gasteiger partial charge on any atom is -0.383 e. The highest BCUT2D eigenvalue weighted by Gasteiger charge is 2.05. The van der Waals surface area contributed by atoms with Crippen molar-refractivity contribution >= 4 is 5.84 Å². The maximum atomic E-state index is 6.05. The maximum absolute atomic E-state index is 6.05. The number of aliphatic imine (C=N–C) groups is 1. The third-order valence-corrected chi connectivity index (χ3v) is 3.04. The van der Waals surface area contributed by atoms with E-state index in [9.17, 15) is 0 Å². The molecule has 2 rings (SSSR count). The van der Waals surface area contributed by atoms with Gasteiger partial charge in [-0.1, -0.05) is 59.7 Å². The van der Waals surface area contributed by atoms with E-state index in [4.69, 9.17) is 11.5 Å².